The van der Waals surface area contributed by atoms with Crippen LogP contribution in [0.3, 0.4) is 0 Å². The summed E-state index contributed by atoms with van der Waals surface area (Å²) >= 11 is 0. The SMILES string of the molecule is N[C@@H](CC(=O)O)c1ccc(OCc2ccccc2)c(OCc2ccccc2)c1. The highest BCUT2D eigenvalue weighted by Gasteiger charge is 2.15. The topological polar surface area (TPSA) is 81.8 Å². The minimum Gasteiger partial charge on any atom is -0.485 e. The van der Waals surface area contributed by atoms with Crippen LogP contribution in [0.5, 0.6) is 11.5 Å². The van der Waals surface area contributed by atoms with Gasteiger partial charge in [0.15, 0.2) is 11.5 Å². The lowest BCUT2D eigenvalue weighted by Crippen LogP contribution is -2.15. The van der Waals surface area contributed by atoms with Gasteiger partial charge in [-0.2, -0.15) is 0 Å². The Hall–Kier alpha value is -3.31. The van der Waals surface area contributed by atoms with E-state index < -0.39 is 12.0 Å². The maximum absolute atomic E-state index is 11.0. The molecule has 0 amide bonds. The van der Waals surface area contributed by atoms with Crippen molar-refractivity contribution in [1.29, 1.82) is 0 Å². The van der Waals surface area contributed by atoms with Crippen molar-refractivity contribution in [1.82, 2.24) is 0 Å². The van der Waals surface area contributed by atoms with Crippen LogP contribution in [0.25, 0.3) is 0 Å². The third-order valence-electron chi connectivity index (χ3n) is 4.26. The fraction of sp³-hybridized carbons (Fsp3) is 0.174. The number of aliphatic carboxylic acids is 1. The van der Waals surface area contributed by atoms with E-state index >= 15 is 0 Å². The normalized spacial score (nSPS) is 11.6. The molecule has 5 nitrogen and oxygen atoms in total. The van der Waals surface area contributed by atoms with Crippen LogP contribution in [-0.4, -0.2) is 11.1 Å². The monoisotopic (exact) mass is 377 g/mol. The molecule has 0 radical (unpaired) electrons. The van der Waals surface area contributed by atoms with Crippen molar-refractivity contribution in [3.63, 3.8) is 0 Å². The lowest BCUT2D eigenvalue weighted by molar-refractivity contribution is -0.137. The van der Waals surface area contributed by atoms with Crippen molar-refractivity contribution in [2.45, 2.75) is 25.7 Å². The van der Waals surface area contributed by atoms with Crippen LogP contribution in [0.2, 0.25) is 0 Å². The highest BCUT2D eigenvalue weighted by atomic mass is 16.5. The van der Waals surface area contributed by atoms with Gasteiger partial charge in [-0.15, -0.1) is 0 Å². The Balaban J connectivity index is 1.78. The van der Waals surface area contributed by atoms with Gasteiger partial charge in [0, 0.05) is 6.04 Å². The van der Waals surface area contributed by atoms with Crippen LogP contribution in [0.4, 0.5) is 0 Å². The number of rotatable bonds is 9. The Kier molecular flexibility index (Phi) is 6.65. The molecule has 0 fully saturated rings. The van der Waals surface area contributed by atoms with Crippen molar-refractivity contribution in [3.05, 3.63) is 95.6 Å². The van der Waals surface area contributed by atoms with E-state index in [1.54, 1.807) is 18.2 Å². The second-order valence-corrected chi connectivity index (χ2v) is 6.46. The van der Waals surface area contributed by atoms with E-state index in [1.165, 1.54) is 0 Å². The first-order valence-electron chi connectivity index (χ1n) is 9.06. The van der Waals surface area contributed by atoms with Crippen molar-refractivity contribution in [3.8, 4) is 11.5 Å². The van der Waals surface area contributed by atoms with Gasteiger partial charge < -0.3 is 20.3 Å². The average Bonchev–Trinajstić information content (AvgIpc) is 2.72. The molecule has 0 saturated carbocycles. The first kappa shape index (κ1) is 19.5. The van der Waals surface area contributed by atoms with Crippen molar-refractivity contribution in [2.75, 3.05) is 0 Å². The van der Waals surface area contributed by atoms with E-state index in [-0.39, 0.29) is 6.42 Å². The first-order valence-corrected chi connectivity index (χ1v) is 9.06. The lowest BCUT2D eigenvalue weighted by Gasteiger charge is -2.16. The summed E-state index contributed by atoms with van der Waals surface area (Å²) in [6, 6.07) is 24.4. The molecule has 3 aromatic carbocycles. The van der Waals surface area contributed by atoms with Crippen molar-refractivity contribution in [2.24, 2.45) is 5.73 Å². The Morgan fingerprint density at radius 1 is 0.821 bits per heavy atom. The molecule has 0 spiro atoms. The molecule has 0 bridgehead atoms. The molecular formula is C23H23NO4. The molecule has 0 saturated heterocycles. The Bertz CT molecular complexity index is 897. The standard InChI is InChI=1S/C23H23NO4/c24-20(14-23(25)26)19-11-12-21(27-15-17-7-3-1-4-8-17)22(13-19)28-16-18-9-5-2-6-10-18/h1-13,20H,14-16,24H2,(H,25,26)/t20-/m0/s1. The second-order valence-electron chi connectivity index (χ2n) is 6.46. The molecule has 0 aromatic heterocycles. The number of carboxylic acid groups (broad SMARTS) is 1. The number of carboxylic acids is 1. The number of nitrogens with two attached hydrogens (primary N) is 1. The average molecular weight is 377 g/mol. The molecule has 0 aliphatic rings. The zero-order chi connectivity index (χ0) is 19.8. The highest BCUT2D eigenvalue weighted by Crippen LogP contribution is 2.32. The van der Waals surface area contributed by atoms with Gasteiger partial charge in [-0.25, -0.2) is 0 Å². The van der Waals surface area contributed by atoms with Gasteiger partial charge in [-0.1, -0.05) is 66.7 Å². The zero-order valence-corrected chi connectivity index (χ0v) is 15.5. The Morgan fingerprint density at radius 2 is 1.36 bits per heavy atom. The Morgan fingerprint density at radius 3 is 1.89 bits per heavy atom. The van der Waals surface area contributed by atoms with E-state index in [0.29, 0.717) is 30.3 Å². The summed E-state index contributed by atoms with van der Waals surface area (Å²) in [5.41, 5.74) is 8.77. The summed E-state index contributed by atoms with van der Waals surface area (Å²) < 4.78 is 11.9. The molecule has 0 aliphatic heterocycles. The van der Waals surface area contributed by atoms with E-state index in [0.717, 1.165) is 11.1 Å². The van der Waals surface area contributed by atoms with Gasteiger partial charge in [0.05, 0.1) is 6.42 Å². The minimum absolute atomic E-state index is 0.150. The smallest absolute Gasteiger partial charge is 0.305 e. The van der Waals surface area contributed by atoms with Gasteiger partial charge in [0.1, 0.15) is 13.2 Å². The van der Waals surface area contributed by atoms with Crippen LogP contribution >= 0.6 is 0 Å². The molecular weight excluding hydrogens is 354 g/mol. The summed E-state index contributed by atoms with van der Waals surface area (Å²) in [6.07, 6.45) is -0.150. The molecule has 3 aromatic rings. The molecule has 3 N–H and O–H groups in total. The third-order valence-corrected chi connectivity index (χ3v) is 4.26. The molecule has 0 aliphatic carbocycles. The molecule has 144 valence electrons. The summed E-state index contributed by atoms with van der Waals surface area (Å²) in [5, 5.41) is 9.00. The van der Waals surface area contributed by atoms with Gasteiger partial charge in [-0.05, 0) is 28.8 Å². The highest BCUT2D eigenvalue weighted by molar-refractivity contribution is 5.68. The molecule has 28 heavy (non-hydrogen) atoms. The molecule has 5 heteroatoms. The Labute approximate surface area is 164 Å². The second kappa shape index (κ2) is 9.58. The fourth-order valence-corrected chi connectivity index (χ4v) is 2.76. The number of ether oxygens (including phenoxy) is 2. The van der Waals surface area contributed by atoms with E-state index in [9.17, 15) is 4.79 Å². The number of hydrogen-bond donors (Lipinski definition) is 2. The lowest BCUT2D eigenvalue weighted by atomic mass is 10.0. The predicted molar refractivity (Wildman–Crippen MR) is 107 cm³/mol. The summed E-state index contributed by atoms with van der Waals surface area (Å²) in [6.45, 7) is 0.781. The quantitative estimate of drug-likeness (QED) is 0.580. The van der Waals surface area contributed by atoms with Crippen molar-refractivity contribution < 1.29 is 19.4 Å². The molecule has 0 heterocycles. The van der Waals surface area contributed by atoms with Crippen LogP contribution in [0.15, 0.2) is 78.9 Å². The van der Waals surface area contributed by atoms with Gasteiger partial charge in [-0.3, -0.25) is 4.79 Å². The predicted octanol–water partition coefficient (Wildman–Crippen LogP) is 4.32. The molecule has 0 unspecified atom stereocenters. The molecule has 1 atom stereocenters. The number of carbonyl (C=O) groups is 1. The first-order chi connectivity index (χ1) is 13.6. The van der Waals surface area contributed by atoms with Crippen LogP contribution < -0.4 is 15.2 Å². The van der Waals surface area contributed by atoms with Crippen LogP contribution in [0, 0.1) is 0 Å². The van der Waals surface area contributed by atoms with Crippen molar-refractivity contribution >= 4 is 5.97 Å². The van der Waals surface area contributed by atoms with E-state index in [1.807, 2.05) is 60.7 Å². The van der Waals surface area contributed by atoms with Gasteiger partial charge in [0.25, 0.3) is 0 Å². The van der Waals surface area contributed by atoms with E-state index in [4.69, 9.17) is 20.3 Å². The maximum Gasteiger partial charge on any atom is 0.305 e. The maximum atomic E-state index is 11.0. The summed E-state index contributed by atoms with van der Waals surface area (Å²) in [7, 11) is 0. The number of hydrogen-bond acceptors (Lipinski definition) is 4. The van der Waals surface area contributed by atoms with E-state index in [2.05, 4.69) is 0 Å². The number of benzene rings is 3. The summed E-state index contributed by atoms with van der Waals surface area (Å²) in [4.78, 5) is 11.0. The summed E-state index contributed by atoms with van der Waals surface area (Å²) in [5.74, 6) is 0.188. The third kappa shape index (κ3) is 5.59. The van der Waals surface area contributed by atoms with Crippen LogP contribution in [0.1, 0.15) is 29.2 Å². The zero-order valence-electron chi connectivity index (χ0n) is 15.5. The van der Waals surface area contributed by atoms with Gasteiger partial charge in [0.2, 0.25) is 0 Å². The molecule has 3 rings (SSSR count). The minimum atomic E-state index is -0.941. The largest absolute Gasteiger partial charge is 0.485 e. The van der Waals surface area contributed by atoms with Gasteiger partial charge >= 0.3 is 5.97 Å². The fourth-order valence-electron chi connectivity index (χ4n) is 2.76. The van der Waals surface area contributed by atoms with Crippen LogP contribution in [-0.2, 0) is 18.0 Å².